The lowest BCUT2D eigenvalue weighted by atomic mass is 10.2. The average molecular weight is 340 g/mol. The molecule has 0 saturated heterocycles. The van der Waals surface area contributed by atoms with Crippen LogP contribution in [0.4, 0.5) is 4.39 Å². The van der Waals surface area contributed by atoms with Crippen LogP contribution in [0.1, 0.15) is 11.1 Å². The maximum Gasteiger partial charge on any atom is 0.129 e. The van der Waals surface area contributed by atoms with Crippen molar-refractivity contribution in [1.82, 2.24) is 0 Å². The Hall–Kier alpha value is -1.46. The van der Waals surface area contributed by atoms with Crippen molar-refractivity contribution in [1.29, 1.82) is 0 Å². The third kappa shape index (κ3) is 3.75. The van der Waals surface area contributed by atoms with Crippen molar-refractivity contribution < 1.29 is 9.13 Å². The van der Waals surface area contributed by atoms with Crippen molar-refractivity contribution >= 4 is 33.1 Å². The second-order valence-electron chi connectivity index (χ2n) is 3.93. The maximum absolute atomic E-state index is 13.2. The lowest BCUT2D eigenvalue weighted by Crippen LogP contribution is -2.11. The zero-order valence-electron chi connectivity index (χ0n) is 9.90. The fourth-order valence-electron chi connectivity index (χ4n) is 1.65. The van der Waals surface area contributed by atoms with Gasteiger partial charge in [0.15, 0.2) is 0 Å². The van der Waals surface area contributed by atoms with E-state index in [0.29, 0.717) is 15.8 Å². The zero-order chi connectivity index (χ0) is 13.8. The number of thiocarbonyl (C=S) groups is 1. The Morgan fingerprint density at radius 3 is 2.68 bits per heavy atom. The van der Waals surface area contributed by atoms with Gasteiger partial charge in [0.25, 0.3) is 0 Å². The molecule has 0 amide bonds. The first kappa shape index (κ1) is 14.0. The highest BCUT2D eigenvalue weighted by molar-refractivity contribution is 9.10. The molecule has 5 heteroatoms. The third-order valence-electron chi connectivity index (χ3n) is 2.47. The van der Waals surface area contributed by atoms with Crippen molar-refractivity contribution in [2.24, 2.45) is 5.73 Å². The third-order valence-corrected chi connectivity index (χ3v) is 3.15. The number of ether oxygens (including phenoxy) is 1. The summed E-state index contributed by atoms with van der Waals surface area (Å²) < 4.78 is 19.5. The Kier molecular flexibility index (Phi) is 4.50. The highest BCUT2D eigenvalue weighted by Crippen LogP contribution is 2.21. The van der Waals surface area contributed by atoms with Gasteiger partial charge in [-0.05, 0) is 35.9 Å². The Balaban J connectivity index is 2.16. The van der Waals surface area contributed by atoms with Gasteiger partial charge in [0.2, 0.25) is 0 Å². The summed E-state index contributed by atoms with van der Waals surface area (Å²) in [5.41, 5.74) is 7.02. The standard InChI is InChI=1S/C14H11BrFNOS/c15-10-5-9(6-11(16)7-10)8-18-13-4-2-1-3-12(13)14(17)19/h1-7H,8H2,(H2,17,19). The Morgan fingerprint density at radius 2 is 2.00 bits per heavy atom. The summed E-state index contributed by atoms with van der Waals surface area (Å²) in [6, 6.07) is 11.9. The first-order valence-corrected chi connectivity index (χ1v) is 6.73. The number of rotatable bonds is 4. The number of hydrogen-bond donors (Lipinski definition) is 1. The van der Waals surface area contributed by atoms with Crippen molar-refractivity contribution in [2.45, 2.75) is 6.61 Å². The van der Waals surface area contributed by atoms with Crippen LogP contribution in [0.25, 0.3) is 0 Å². The molecule has 0 aliphatic heterocycles. The van der Waals surface area contributed by atoms with E-state index >= 15 is 0 Å². The molecule has 2 rings (SSSR count). The van der Waals surface area contributed by atoms with E-state index in [1.165, 1.54) is 12.1 Å². The Bertz CT molecular complexity index is 598. The SMILES string of the molecule is NC(=S)c1ccccc1OCc1cc(F)cc(Br)c1. The first-order valence-electron chi connectivity index (χ1n) is 5.53. The van der Waals surface area contributed by atoms with Crippen LogP contribution in [0.3, 0.4) is 0 Å². The molecule has 98 valence electrons. The summed E-state index contributed by atoms with van der Waals surface area (Å²) in [6.07, 6.45) is 0. The van der Waals surface area contributed by atoms with E-state index in [1.807, 2.05) is 12.1 Å². The van der Waals surface area contributed by atoms with Gasteiger partial charge in [-0.2, -0.15) is 0 Å². The fourth-order valence-corrected chi connectivity index (χ4v) is 2.33. The minimum atomic E-state index is -0.310. The molecule has 0 atom stereocenters. The van der Waals surface area contributed by atoms with Gasteiger partial charge in [-0.25, -0.2) is 4.39 Å². The van der Waals surface area contributed by atoms with Gasteiger partial charge in [-0.3, -0.25) is 0 Å². The molecule has 0 bridgehead atoms. The molecule has 0 unspecified atom stereocenters. The normalized spacial score (nSPS) is 10.2. The van der Waals surface area contributed by atoms with Gasteiger partial charge < -0.3 is 10.5 Å². The number of para-hydroxylation sites is 1. The quantitative estimate of drug-likeness (QED) is 0.860. The van der Waals surface area contributed by atoms with Crippen LogP contribution in [0.5, 0.6) is 5.75 Å². The van der Waals surface area contributed by atoms with Crippen LogP contribution in [-0.2, 0) is 6.61 Å². The lowest BCUT2D eigenvalue weighted by molar-refractivity contribution is 0.305. The largest absolute Gasteiger partial charge is 0.488 e. The van der Waals surface area contributed by atoms with Crippen LogP contribution in [0.2, 0.25) is 0 Å². The van der Waals surface area contributed by atoms with Gasteiger partial charge in [-0.1, -0.05) is 40.3 Å². The number of halogens is 2. The van der Waals surface area contributed by atoms with Crippen LogP contribution in [0.15, 0.2) is 46.9 Å². The van der Waals surface area contributed by atoms with Gasteiger partial charge in [0.05, 0.1) is 5.56 Å². The second-order valence-corrected chi connectivity index (χ2v) is 5.28. The van der Waals surface area contributed by atoms with E-state index in [4.69, 9.17) is 22.7 Å². The van der Waals surface area contributed by atoms with Crippen molar-refractivity contribution in [2.75, 3.05) is 0 Å². The summed E-state index contributed by atoms with van der Waals surface area (Å²) in [6.45, 7) is 0.246. The number of benzene rings is 2. The van der Waals surface area contributed by atoms with Crippen LogP contribution in [0, 0.1) is 5.82 Å². The summed E-state index contributed by atoms with van der Waals surface area (Å²) in [5.74, 6) is 0.283. The Morgan fingerprint density at radius 1 is 1.26 bits per heavy atom. The van der Waals surface area contributed by atoms with Gasteiger partial charge >= 0.3 is 0 Å². The van der Waals surface area contributed by atoms with Gasteiger partial charge in [0, 0.05) is 4.47 Å². The van der Waals surface area contributed by atoms with Crippen LogP contribution in [-0.4, -0.2) is 4.99 Å². The zero-order valence-corrected chi connectivity index (χ0v) is 12.3. The summed E-state index contributed by atoms with van der Waals surface area (Å²) in [7, 11) is 0. The van der Waals surface area contributed by atoms with Gasteiger partial charge in [-0.15, -0.1) is 0 Å². The predicted octanol–water partition coefficient (Wildman–Crippen LogP) is 3.80. The monoisotopic (exact) mass is 339 g/mol. The number of nitrogens with two attached hydrogens (primary N) is 1. The topological polar surface area (TPSA) is 35.2 Å². The predicted molar refractivity (Wildman–Crippen MR) is 80.8 cm³/mol. The molecule has 0 heterocycles. The summed E-state index contributed by atoms with van der Waals surface area (Å²) in [4.78, 5) is 0.274. The van der Waals surface area contributed by atoms with Crippen molar-refractivity contribution in [3.8, 4) is 5.75 Å². The van der Waals surface area contributed by atoms with Gasteiger partial charge in [0.1, 0.15) is 23.2 Å². The van der Waals surface area contributed by atoms with Crippen LogP contribution < -0.4 is 10.5 Å². The molecule has 19 heavy (non-hydrogen) atoms. The second kappa shape index (κ2) is 6.12. The van der Waals surface area contributed by atoms with Crippen LogP contribution >= 0.6 is 28.1 Å². The molecule has 2 aromatic carbocycles. The minimum Gasteiger partial charge on any atom is -0.488 e. The minimum absolute atomic E-state index is 0.246. The summed E-state index contributed by atoms with van der Waals surface area (Å²) in [5, 5.41) is 0. The smallest absolute Gasteiger partial charge is 0.129 e. The molecule has 0 aliphatic rings. The highest BCUT2D eigenvalue weighted by atomic mass is 79.9. The molecular formula is C14H11BrFNOS. The molecule has 0 radical (unpaired) electrons. The Labute approximate surface area is 124 Å². The molecular weight excluding hydrogens is 329 g/mol. The lowest BCUT2D eigenvalue weighted by Gasteiger charge is -2.10. The van der Waals surface area contributed by atoms with E-state index < -0.39 is 0 Å². The molecule has 2 nitrogen and oxygen atoms in total. The molecule has 0 aromatic heterocycles. The van der Waals surface area contributed by atoms with E-state index in [-0.39, 0.29) is 17.4 Å². The molecule has 0 spiro atoms. The number of hydrogen-bond acceptors (Lipinski definition) is 2. The molecule has 2 N–H and O–H groups in total. The average Bonchev–Trinajstić information content (AvgIpc) is 2.35. The maximum atomic E-state index is 13.2. The molecule has 0 fully saturated rings. The fraction of sp³-hybridized carbons (Fsp3) is 0.0714. The highest BCUT2D eigenvalue weighted by Gasteiger charge is 2.06. The molecule has 0 saturated carbocycles. The van der Waals surface area contributed by atoms with Crippen molar-refractivity contribution in [3.63, 3.8) is 0 Å². The van der Waals surface area contributed by atoms with E-state index in [0.717, 1.165) is 5.56 Å². The summed E-state index contributed by atoms with van der Waals surface area (Å²) >= 11 is 8.19. The first-order chi connectivity index (χ1) is 9.06. The van der Waals surface area contributed by atoms with Crippen molar-refractivity contribution in [3.05, 3.63) is 63.9 Å². The van der Waals surface area contributed by atoms with E-state index in [1.54, 1.807) is 18.2 Å². The van der Waals surface area contributed by atoms with E-state index in [2.05, 4.69) is 15.9 Å². The molecule has 2 aromatic rings. The molecule has 0 aliphatic carbocycles. The van der Waals surface area contributed by atoms with E-state index in [9.17, 15) is 4.39 Å².